The number of Topliss-reactive ketones (excluding diaryl/α,β-unsaturated/α-hetero) is 1. The fraction of sp³-hybridized carbons (Fsp3) is 0.136. The first kappa shape index (κ1) is 23.8. The van der Waals surface area contributed by atoms with E-state index in [1.165, 1.54) is 42.5 Å². The second-order valence-corrected chi connectivity index (χ2v) is 6.59. The molecule has 0 amide bonds. The molecule has 11 heteroatoms. The van der Waals surface area contributed by atoms with Crippen LogP contribution in [0.1, 0.15) is 10.4 Å². The van der Waals surface area contributed by atoms with Crippen LogP contribution in [0.4, 0.5) is 32.0 Å². The van der Waals surface area contributed by atoms with Crippen molar-refractivity contribution in [1.29, 1.82) is 0 Å². The van der Waals surface area contributed by atoms with Gasteiger partial charge in [-0.25, -0.2) is 0 Å². The number of nitrogens with two attached hydrogens (primary N) is 1. The fourth-order valence-corrected chi connectivity index (χ4v) is 2.89. The third kappa shape index (κ3) is 6.79. The van der Waals surface area contributed by atoms with Crippen molar-refractivity contribution in [3.8, 4) is 28.4 Å². The molecule has 0 saturated carbocycles. The van der Waals surface area contributed by atoms with Gasteiger partial charge in [-0.05, 0) is 35.9 Å². The predicted octanol–water partition coefficient (Wildman–Crippen LogP) is 5.99. The highest BCUT2D eigenvalue weighted by Crippen LogP contribution is 2.37. The predicted molar refractivity (Wildman–Crippen MR) is 106 cm³/mol. The summed E-state index contributed by atoms with van der Waals surface area (Å²) in [5, 5.41) is 0. The smallest absolute Gasteiger partial charge is 0.483 e. The van der Waals surface area contributed by atoms with E-state index >= 15 is 0 Å². The van der Waals surface area contributed by atoms with Crippen molar-refractivity contribution in [3.05, 3.63) is 72.3 Å². The van der Waals surface area contributed by atoms with E-state index in [9.17, 15) is 31.1 Å². The Morgan fingerprint density at radius 3 is 2.00 bits per heavy atom. The van der Waals surface area contributed by atoms with Crippen molar-refractivity contribution >= 4 is 11.5 Å². The number of para-hydroxylation sites is 1. The minimum atomic E-state index is -4.92. The maximum Gasteiger partial charge on any atom is 0.573 e. The van der Waals surface area contributed by atoms with Gasteiger partial charge in [-0.15, -0.1) is 26.3 Å². The van der Waals surface area contributed by atoms with Gasteiger partial charge in [0.1, 0.15) is 11.5 Å². The maximum absolute atomic E-state index is 12.5. The number of nitrogen functional groups attached to an aromatic ring is 1. The third-order valence-corrected chi connectivity index (χ3v) is 4.16. The molecule has 0 radical (unpaired) electrons. The molecule has 3 aromatic rings. The van der Waals surface area contributed by atoms with E-state index in [-0.39, 0.29) is 28.1 Å². The summed E-state index contributed by atoms with van der Waals surface area (Å²) in [6.07, 6.45) is -9.81. The average molecular weight is 471 g/mol. The van der Waals surface area contributed by atoms with Crippen LogP contribution in [0.2, 0.25) is 0 Å². The first-order valence-corrected chi connectivity index (χ1v) is 9.18. The van der Waals surface area contributed by atoms with E-state index in [0.29, 0.717) is 0 Å². The van der Waals surface area contributed by atoms with Crippen LogP contribution in [-0.2, 0) is 0 Å². The monoisotopic (exact) mass is 471 g/mol. The number of hydrogen-bond acceptors (Lipinski definition) is 5. The van der Waals surface area contributed by atoms with Gasteiger partial charge in [0.15, 0.2) is 18.1 Å². The number of benzene rings is 3. The first-order valence-electron chi connectivity index (χ1n) is 9.18. The Bertz CT molecular complexity index is 1140. The first-order chi connectivity index (χ1) is 15.4. The van der Waals surface area contributed by atoms with Gasteiger partial charge in [-0.3, -0.25) is 4.79 Å². The second-order valence-electron chi connectivity index (χ2n) is 6.59. The summed E-state index contributed by atoms with van der Waals surface area (Å²) in [6, 6.07) is 14.0. The number of halogens is 6. The molecule has 0 atom stereocenters. The summed E-state index contributed by atoms with van der Waals surface area (Å²) in [5.74, 6) is -1.70. The molecular weight excluding hydrogens is 456 g/mol. The number of carbonyl (C=O) groups excluding carboxylic acids is 1. The Morgan fingerprint density at radius 2 is 1.36 bits per heavy atom. The molecule has 0 aliphatic carbocycles. The van der Waals surface area contributed by atoms with Crippen molar-refractivity contribution in [1.82, 2.24) is 0 Å². The molecular formula is C22H15F6NO4. The molecule has 0 aliphatic rings. The van der Waals surface area contributed by atoms with Crippen LogP contribution in [0.25, 0.3) is 11.1 Å². The van der Waals surface area contributed by atoms with E-state index < -0.39 is 36.6 Å². The molecule has 3 aromatic carbocycles. The summed E-state index contributed by atoms with van der Waals surface area (Å²) >= 11 is 0. The molecule has 33 heavy (non-hydrogen) atoms. The molecule has 0 unspecified atom stereocenters. The van der Waals surface area contributed by atoms with E-state index in [2.05, 4.69) is 9.47 Å². The lowest BCUT2D eigenvalue weighted by Crippen LogP contribution is -2.18. The Morgan fingerprint density at radius 1 is 0.788 bits per heavy atom. The molecule has 0 aromatic heterocycles. The summed E-state index contributed by atoms with van der Waals surface area (Å²) < 4.78 is 88.0. The van der Waals surface area contributed by atoms with Gasteiger partial charge >= 0.3 is 12.7 Å². The second kappa shape index (κ2) is 9.31. The minimum Gasteiger partial charge on any atom is -0.483 e. The zero-order valence-electron chi connectivity index (χ0n) is 16.5. The van der Waals surface area contributed by atoms with E-state index in [4.69, 9.17) is 10.5 Å². The average Bonchev–Trinajstić information content (AvgIpc) is 2.70. The van der Waals surface area contributed by atoms with E-state index in [1.54, 1.807) is 0 Å². The van der Waals surface area contributed by atoms with Gasteiger partial charge in [0.05, 0.1) is 5.69 Å². The summed E-state index contributed by atoms with van der Waals surface area (Å²) in [6.45, 7) is -0.602. The van der Waals surface area contributed by atoms with Gasteiger partial charge in [-0.2, -0.15) is 0 Å². The van der Waals surface area contributed by atoms with Crippen LogP contribution in [-0.4, -0.2) is 25.1 Å². The van der Waals surface area contributed by atoms with Crippen molar-refractivity contribution in [2.45, 2.75) is 12.7 Å². The highest BCUT2D eigenvalue weighted by Gasteiger charge is 2.32. The normalized spacial score (nSPS) is 11.7. The SMILES string of the molecule is Nc1cccc(-c2cccc(OC(F)(F)F)c2)c1OCC(=O)c1cccc(OC(F)(F)F)c1. The van der Waals surface area contributed by atoms with Gasteiger partial charge in [0.2, 0.25) is 0 Å². The van der Waals surface area contributed by atoms with Gasteiger partial charge in [-0.1, -0.05) is 36.4 Å². The van der Waals surface area contributed by atoms with Gasteiger partial charge in [0, 0.05) is 11.1 Å². The van der Waals surface area contributed by atoms with Crippen molar-refractivity contribution in [2.24, 2.45) is 0 Å². The molecule has 174 valence electrons. The molecule has 5 nitrogen and oxygen atoms in total. The Balaban J connectivity index is 1.82. The van der Waals surface area contributed by atoms with Crippen LogP contribution in [0.5, 0.6) is 17.2 Å². The highest BCUT2D eigenvalue weighted by molar-refractivity contribution is 5.97. The zero-order valence-corrected chi connectivity index (χ0v) is 16.5. The van der Waals surface area contributed by atoms with Crippen LogP contribution in [0.15, 0.2) is 66.7 Å². The standard InChI is InChI=1S/C22H15F6NO4/c23-21(24,25)32-15-6-1-4-13(10-15)17-8-3-9-18(29)20(17)31-12-19(30)14-5-2-7-16(11-14)33-22(26,27)28/h1-11H,12,29H2. The fourth-order valence-electron chi connectivity index (χ4n) is 2.89. The molecule has 0 fully saturated rings. The van der Waals surface area contributed by atoms with Crippen molar-refractivity contribution in [2.75, 3.05) is 12.3 Å². The Labute approximate surface area is 183 Å². The quantitative estimate of drug-likeness (QED) is 0.260. The van der Waals surface area contributed by atoms with Crippen LogP contribution < -0.4 is 19.9 Å². The lowest BCUT2D eigenvalue weighted by molar-refractivity contribution is -0.275. The topological polar surface area (TPSA) is 70.8 Å². The summed E-state index contributed by atoms with van der Waals surface area (Å²) in [7, 11) is 0. The number of anilines is 1. The highest BCUT2D eigenvalue weighted by atomic mass is 19.4. The molecule has 0 aliphatic heterocycles. The summed E-state index contributed by atoms with van der Waals surface area (Å²) in [5.41, 5.74) is 6.47. The van der Waals surface area contributed by atoms with Crippen molar-refractivity contribution in [3.63, 3.8) is 0 Å². The molecule has 3 rings (SSSR count). The van der Waals surface area contributed by atoms with Crippen molar-refractivity contribution < 1.29 is 45.3 Å². The summed E-state index contributed by atoms with van der Waals surface area (Å²) in [4.78, 5) is 12.5. The number of ketones is 1. The minimum absolute atomic E-state index is 0.0118. The zero-order chi connectivity index (χ0) is 24.2. The van der Waals surface area contributed by atoms with Gasteiger partial charge in [0.25, 0.3) is 0 Å². The number of hydrogen-bond donors (Lipinski definition) is 1. The Kier molecular flexibility index (Phi) is 6.70. The maximum atomic E-state index is 12.5. The number of ether oxygens (including phenoxy) is 3. The van der Waals surface area contributed by atoms with Crippen LogP contribution in [0.3, 0.4) is 0 Å². The van der Waals surface area contributed by atoms with Crippen LogP contribution in [0, 0.1) is 0 Å². The Hall–Kier alpha value is -3.89. The molecule has 0 saturated heterocycles. The van der Waals surface area contributed by atoms with Crippen LogP contribution >= 0.6 is 0 Å². The lowest BCUT2D eigenvalue weighted by atomic mass is 10.0. The number of alkyl halides is 6. The van der Waals surface area contributed by atoms with E-state index in [1.807, 2.05) is 0 Å². The molecule has 0 spiro atoms. The van der Waals surface area contributed by atoms with Gasteiger partial charge < -0.3 is 19.9 Å². The largest absolute Gasteiger partial charge is 0.573 e. The number of carbonyl (C=O) groups is 1. The molecule has 0 bridgehead atoms. The third-order valence-electron chi connectivity index (χ3n) is 4.16. The van der Waals surface area contributed by atoms with E-state index in [0.717, 1.165) is 24.3 Å². The molecule has 2 N–H and O–H groups in total. The lowest BCUT2D eigenvalue weighted by Gasteiger charge is -2.15. The number of rotatable bonds is 7. The molecule has 0 heterocycles.